The van der Waals surface area contributed by atoms with Gasteiger partial charge in [-0.3, -0.25) is 9.59 Å². The van der Waals surface area contributed by atoms with Crippen LogP contribution in [-0.2, 0) is 4.79 Å². The highest BCUT2D eigenvalue weighted by atomic mass is 32.1. The number of thiophene rings is 1. The van der Waals surface area contributed by atoms with E-state index >= 15 is 0 Å². The second-order valence-corrected chi connectivity index (χ2v) is 5.73. The van der Waals surface area contributed by atoms with Gasteiger partial charge in [-0.1, -0.05) is 11.8 Å². The number of nitrogens with one attached hydrogen (secondary N) is 1. The lowest BCUT2D eigenvalue weighted by atomic mass is 10.2. The third-order valence-corrected chi connectivity index (χ3v) is 4.17. The molecule has 21 heavy (non-hydrogen) atoms. The van der Waals surface area contributed by atoms with E-state index in [-0.39, 0.29) is 18.4 Å². The van der Waals surface area contributed by atoms with Gasteiger partial charge >= 0.3 is 0 Å². The summed E-state index contributed by atoms with van der Waals surface area (Å²) in [5, 5.41) is 2.72. The predicted octanol–water partition coefficient (Wildman–Crippen LogP) is 0.963. The van der Waals surface area contributed by atoms with E-state index in [1.165, 1.54) is 11.3 Å². The van der Waals surface area contributed by atoms with Gasteiger partial charge in [0.15, 0.2) is 0 Å². The fourth-order valence-electron chi connectivity index (χ4n) is 1.67. The average Bonchev–Trinajstić information content (AvgIpc) is 2.84. The molecule has 1 unspecified atom stereocenters. The second-order valence-electron chi connectivity index (χ2n) is 4.68. The van der Waals surface area contributed by atoms with Crippen LogP contribution >= 0.6 is 11.3 Å². The van der Waals surface area contributed by atoms with Gasteiger partial charge in [0.05, 0.1) is 16.3 Å². The van der Waals surface area contributed by atoms with E-state index in [0.29, 0.717) is 11.4 Å². The molecule has 1 aromatic heterocycles. The minimum atomic E-state index is -0.552. The largest absolute Gasteiger partial charge is 0.344 e. The maximum Gasteiger partial charge on any atom is 0.262 e. The van der Waals surface area contributed by atoms with Gasteiger partial charge in [-0.05, 0) is 32.4 Å². The minimum Gasteiger partial charge on any atom is -0.344 e. The molecule has 2 amide bonds. The molecule has 1 atom stereocenters. The van der Waals surface area contributed by atoms with Gasteiger partial charge < -0.3 is 16.0 Å². The zero-order valence-corrected chi connectivity index (χ0v) is 13.6. The van der Waals surface area contributed by atoms with Crippen molar-refractivity contribution in [3.63, 3.8) is 0 Å². The first-order valence-corrected chi connectivity index (χ1v) is 7.57. The molecule has 0 fully saturated rings. The number of likely N-dealkylation sites (N-methyl/N-ethyl adjacent to an activating group) is 1. The zero-order chi connectivity index (χ0) is 16.0. The van der Waals surface area contributed by atoms with Crippen molar-refractivity contribution in [2.45, 2.75) is 26.8 Å². The van der Waals surface area contributed by atoms with Gasteiger partial charge in [0.1, 0.15) is 6.04 Å². The summed E-state index contributed by atoms with van der Waals surface area (Å²) in [7, 11) is 1.71. The molecule has 1 rings (SSSR count). The fourth-order valence-corrected chi connectivity index (χ4v) is 2.62. The average molecular weight is 307 g/mol. The van der Waals surface area contributed by atoms with Gasteiger partial charge in [0.25, 0.3) is 5.91 Å². The predicted molar refractivity (Wildman–Crippen MR) is 85.2 cm³/mol. The first kappa shape index (κ1) is 17.2. The van der Waals surface area contributed by atoms with Gasteiger partial charge in [0, 0.05) is 13.6 Å². The molecule has 0 aliphatic carbocycles. The highest BCUT2D eigenvalue weighted by Crippen LogP contribution is 2.21. The van der Waals surface area contributed by atoms with E-state index in [1.807, 2.05) is 13.8 Å². The fraction of sp³-hybridized carbons (Fsp3) is 0.467. The molecular formula is C15H21N3O2S. The lowest BCUT2D eigenvalue weighted by molar-refractivity contribution is -0.131. The first-order valence-electron chi connectivity index (χ1n) is 6.75. The molecule has 0 bridgehead atoms. The van der Waals surface area contributed by atoms with Crippen molar-refractivity contribution in [2.24, 2.45) is 5.73 Å². The molecule has 0 spiro atoms. The van der Waals surface area contributed by atoms with Crippen molar-refractivity contribution in [3.05, 3.63) is 21.4 Å². The molecule has 0 aliphatic heterocycles. The van der Waals surface area contributed by atoms with Crippen LogP contribution in [0.2, 0.25) is 0 Å². The van der Waals surface area contributed by atoms with Crippen molar-refractivity contribution in [2.75, 3.05) is 20.1 Å². The van der Waals surface area contributed by atoms with Crippen LogP contribution in [0.3, 0.4) is 0 Å². The van der Waals surface area contributed by atoms with Crippen LogP contribution in [0.1, 0.15) is 34.0 Å². The zero-order valence-electron chi connectivity index (χ0n) is 12.8. The van der Waals surface area contributed by atoms with Crippen LogP contribution in [-0.4, -0.2) is 42.9 Å². The Kier molecular flexibility index (Phi) is 6.40. The lowest BCUT2D eigenvalue weighted by Crippen LogP contribution is -2.45. The quantitative estimate of drug-likeness (QED) is 0.814. The van der Waals surface area contributed by atoms with Crippen molar-refractivity contribution in [1.82, 2.24) is 10.2 Å². The van der Waals surface area contributed by atoms with Gasteiger partial charge in [-0.2, -0.15) is 0 Å². The maximum absolute atomic E-state index is 12.2. The van der Waals surface area contributed by atoms with Crippen LogP contribution in [0.5, 0.6) is 0 Å². The minimum absolute atomic E-state index is 0.109. The number of rotatable bonds is 4. The van der Waals surface area contributed by atoms with Crippen molar-refractivity contribution in [3.8, 4) is 11.8 Å². The molecule has 0 saturated heterocycles. The van der Waals surface area contributed by atoms with Crippen LogP contribution in [0.15, 0.2) is 6.07 Å². The van der Waals surface area contributed by atoms with Crippen LogP contribution < -0.4 is 11.1 Å². The lowest BCUT2D eigenvalue weighted by Gasteiger charge is -2.20. The molecular weight excluding hydrogens is 286 g/mol. The molecule has 0 radical (unpaired) electrons. The summed E-state index contributed by atoms with van der Waals surface area (Å²) < 4.78 is 0. The molecule has 3 N–H and O–H groups in total. The van der Waals surface area contributed by atoms with Crippen LogP contribution in [0.25, 0.3) is 0 Å². The number of aryl methyl sites for hydroxylation is 1. The molecule has 114 valence electrons. The Balaban J connectivity index is 2.78. The Hall–Kier alpha value is -1.84. The summed E-state index contributed by atoms with van der Waals surface area (Å²) in [6.45, 7) is 6.36. The molecule has 1 heterocycles. The molecule has 0 aromatic carbocycles. The highest BCUT2D eigenvalue weighted by molar-refractivity contribution is 7.14. The van der Waals surface area contributed by atoms with E-state index in [2.05, 4.69) is 17.2 Å². The van der Waals surface area contributed by atoms with Crippen LogP contribution in [0, 0.1) is 18.8 Å². The molecule has 1 aromatic rings. The number of carbonyl (C=O) groups excluding carboxylic acids is 2. The van der Waals surface area contributed by atoms with Crippen molar-refractivity contribution >= 4 is 23.2 Å². The number of amides is 2. The van der Waals surface area contributed by atoms with E-state index < -0.39 is 6.04 Å². The third-order valence-electron chi connectivity index (χ3n) is 3.01. The number of nitrogens with two attached hydrogens (primary N) is 1. The smallest absolute Gasteiger partial charge is 0.262 e. The summed E-state index contributed by atoms with van der Waals surface area (Å²) in [6, 6.07) is 1.23. The van der Waals surface area contributed by atoms with Gasteiger partial charge in [-0.15, -0.1) is 11.3 Å². The highest BCUT2D eigenvalue weighted by Gasteiger charge is 2.20. The number of hydrogen-bond acceptors (Lipinski definition) is 4. The summed E-state index contributed by atoms with van der Waals surface area (Å²) in [5.74, 6) is 5.35. The van der Waals surface area contributed by atoms with Crippen molar-refractivity contribution < 1.29 is 9.59 Å². The van der Waals surface area contributed by atoms with E-state index in [1.54, 1.807) is 24.9 Å². The molecule has 6 heteroatoms. The Labute approximate surface area is 129 Å². The summed E-state index contributed by atoms with van der Waals surface area (Å²) in [4.78, 5) is 27.0. The number of carbonyl (C=O) groups is 2. The Morgan fingerprint density at radius 2 is 2.19 bits per heavy atom. The normalized spacial score (nSPS) is 11.3. The topological polar surface area (TPSA) is 75.4 Å². The number of hydrogen-bond donors (Lipinski definition) is 2. The molecule has 0 saturated carbocycles. The number of nitrogens with zero attached hydrogens (tertiary/aromatic N) is 1. The second kappa shape index (κ2) is 7.81. The summed E-state index contributed by atoms with van der Waals surface area (Å²) >= 11 is 1.31. The molecule has 0 aliphatic rings. The Morgan fingerprint density at radius 3 is 2.76 bits per heavy atom. The third kappa shape index (κ3) is 4.59. The van der Waals surface area contributed by atoms with E-state index in [0.717, 1.165) is 10.4 Å². The van der Waals surface area contributed by atoms with Crippen molar-refractivity contribution in [1.29, 1.82) is 0 Å². The Bertz CT molecular complexity index is 583. The maximum atomic E-state index is 12.2. The van der Waals surface area contributed by atoms with Crippen LogP contribution in [0.4, 0.5) is 0 Å². The Morgan fingerprint density at radius 1 is 1.52 bits per heavy atom. The summed E-state index contributed by atoms with van der Waals surface area (Å²) in [6.07, 6.45) is 0. The summed E-state index contributed by atoms with van der Waals surface area (Å²) in [5.41, 5.74) is 6.28. The van der Waals surface area contributed by atoms with Gasteiger partial charge in [-0.25, -0.2) is 0 Å². The SMILES string of the molecule is CCN(C)C(=O)C(C)NC(=O)c1cc(C)c(C#CCN)s1. The molecule has 5 nitrogen and oxygen atoms in total. The van der Waals surface area contributed by atoms with E-state index in [9.17, 15) is 9.59 Å². The standard InChI is InChI=1S/C15H21N3O2S/c1-5-18(4)15(20)11(3)17-14(19)13-9-10(2)12(21-13)7-6-8-16/h9,11H,5,8,16H2,1-4H3,(H,17,19). The monoisotopic (exact) mass is 307 g/mol. The van der Waals surface area contributed by atoms with E-state index in [4.69, 9.17) is 5.73 Å². The first-order chi connectivity index (χ1) is 9.90. The van der Waals surface area contributed by atoms with Gasteiger partial charge in [0.2, 0.25) is 5.91 Å².